The topological polar surface area (TPSA) is 57.4 Å². The Balaban J connectivity index is 2.85. The molecular weight excluding hydrogens is 236 g/mol. The maximum atomic E-state index is 5.68. The van der Waals surface area contributed by atoms with Gasteiger partial charge in [0.1, 0.15) is 17.3 Å². The lowest BCUT2D eigenvalue weighted by molar-refractivity contribution is 0.110. The highest BCUT2D eigenvalue weighted by molar-refractivity contribution is 7.80. The van der Waals surface area contributed by atoms with Crippen LogP contribution in [0.15, 0.2) is 6.07 Å². The second-order valence-corrected chi connectivity index (χ2v) is 4.07. The largest absolute Gasteiger partial charge is 0.490 e. The molecule has 0 saturated heterocycles. The molecule has 0 saturated carbocycles. The van der Waals surface area contributed by atoms with Crippen LogP contribution in [-0.2, 0) is 4.74 Å². The molecule has 0 aliphatic heterocycles. The summed E-state index contributed by atoms with van der Waals surface area (Å²) >= 11 is 5.01. The molecule has 0 spiro atoms. The molecule has 0 aliphatic rings. The Kier molecular flexibility index (Phi) is 5.31. The zero-order valence-electron chi connectivity index (χ0n) is 10.4. The van der Waals surface area contributed by atoms with Gasteiger partial charge in [0, 0.05) is 18.4 Å². The average molecular weight is 254 g/mol. The highest BCUT2D eigenvalue weighted by Gasteiger charge is 2.12. The van der Waals surface area contributed by atoms with Crippen molar-refractivity contribution in [3.8, 4) is 5.75 Å². The SMILES string of the molecule is CCOCCOc1cc(C)nc(C)c1C(N)=S. The maximum Gasteiger partial charge on any atom is 0.133 e. The van der Waals surface area contributed by atoms with Crippen LogP contribution < -0.4 is 10.5 Å². The molecule has 0 bridgehead atoms. The number of aryl methyl sites for hydroxylation is 2. The summed E-state index contributed by atoms with van der Waals surface area (Å²) in [6.45, 7) is 7.43. The summed E-state index contributed by atoms with van der Waals surface area (Å²) in [4.78, 5) is 4.63. The van der Waals surface area contributed by atoms with E-state index < -0.39 is 0 Å². The van der Waals surface area contributed by atoms with E-state index in [1.165, 1.54) is 0 Å². The molecule has 0 aromatic carbocycles. The number of hydrogen-bond donors (Lipinski definition) is 1. The minimum absolute atomic E-state index is 0.307. The predicted octanol–water partition coefficient (Wildman–Crippen LogP) is 1.75. The van der Waals surface area contributed by atoms with Crippen LogP contribution in [0.5, 0.6) is 5.75 Å². The van der Waals surface area contributed by atoms with Crippen LogP contribution in [0, 0.1) is 13.8 Å². The Labute approximate surface area is 107 Å². The van der Waals surface area contributed by atoms with Crippen molar-refractivity contribution >= 4 is 17.2 Å². The highest BCUT2D eigenvalue weighted by atomic mass is 32.1. The van der Waals surface area contributed by atoms with Gasteiger partial charge in [0.15, 0.2) is 0 Å². The number of hydrogen-bond acceptors (Lipinski definition) is 4. The van der Waals surface area contributed by atoms with Crippen LogP contribution >= 0.6 is 12.2 Å². The van der Waals surface area contributed by atoms with E-state index in [-0.39, 0.29) is 0 Å². The van der Waals surface area contributed by atoms with Crippen molar-refractivity contribution in [2.24, 2.45) is 5.73 Å². The third-order valence-corrected chi connectivity index (χ3v) is 2.43. The number of aromatic nitrogens is 1. The van der Waals surface area contributed by atoms with Crippen molar-refractivity contribution in [1.29, 1.82) is 0 Å². The van der Waals surface area contributed by atoms with Gasteiger partial charge < -0.3 is 15.2 Å². The molecule has 0 aliphatic carbocycles. The molecule has 1 aromatic heterocycles. The van der Waals surface area contributed by atoms with Gasteiger partial charge in [-0.25, -0.2) is 0 Å². The van der Waals surface area contributed by atoms with Crippen molar-refractivity contribution in [1.82, 2.24) is 4.98 Å². The lowest BCUT2D eigenvalue weighted by Gasteiger charge is -2.13. The number of thiocarbonyl (C=S) groups is 1. The van der Waals surface area contributed by atoms with E-state index in [0.29, 0.717) is 36.1 Å². The Morgan fingerprint density at radius 3 is 2.71 bits per heavy atom. The summed E-state index contributed by atoms with van der Waals surface area (Å²) in [7, 11) is 0. The quantitative estimate of drug-likeness (QED) is 0.619. The number of ether oxygens (including phenoxy) is 2. The summed E-state index contributed by atoms with van der Waals surface area (Å²) in [5, 5.41) is 0. The van der Waals surface area contributed by atoms with Gasteiger partial charge in [-0.3, -0.25) is 4.98 Å². The van der Waals surface area contributed by atoms with Gasteiger partial charge >= 0.3 is 0 Å². The summed E-state index contributed by atoms with van der Waals surface area (Å²) in [6.07, 6.45) is 0. The minimum Gasteiger partial charge on any atom is -0.490 e. The first-order valence-electron chi connectivity index (χ1n) is 5.54. The smallest absolute Gasteiger partial charge is 0.133 e. The summed E-state index contributed by atoms with van der Waals surface area (Å²) < 4.78 is 10.8. The van der Waals surface area contributed by atoms with Crippen LogP contribution in [0.3, 0.4) is 0 Å². The van der Waals surface area contributed by atoms with Gasteiger partial charge in [-0.1, -0.05) is 12.2 Å². The normalized spacial score (nSPS) is 10.3. The lowest BCUT2D eigenvalue weighted by atomic mass is 10.1. The van der Waals surface area contributed by atoms with E-state index in [9.17, 15) is 0 Å². The van der Waals surface area contributed by atoms with Crippen molar-refractivity contribution < 1.29 is 9.47 Å². The van der Waals surface area contributed by atoms with Crippen molar-refractivity contribution in [2.75, 3.05) is 19.8 Å². The standard InChI is InChI=1S/C12H18N2O2S/c1-4-15-5-6-16-10-7-8(2)14-9(3)11(10)12(13)17/h7H,4-6H2,1-3H3,(H2,13,17). The van der Waals surface area contributed by atoms with E-state index in [1.54, 1.807) is 0 Å². The summed E-state index contributed by atoms with van der Waals surface area (Å²) in [5.74, 6) is 0.683. The van der Waals surface area contributed by atoms with Crippen molar-refractivity contribution in [3.05, 3.63) is 23.0 Å². The molecular formula is C12H18N2O2S. The van der Waals surface area contributed by atoms with Crippen molar-refractivity contribution in [2.45, 2.75) is 20.8 Å². The second-order valence-electron chi connectivity index (χ2n) is 3.63. The zero-order chi connectivity index (χ0) is 12.8. The number of pyridine rings is 1. The summed E-state index contributed by atoms with van der Waals surface area (Å²) in [6, 6.07) is 1.84. The predicted molar refractivity (Wildman–Crippen MR) is 71.6 cm³/mol. The maximum absolute atomic E-state index is 5.68. The fourth-order valence-electron chi connectivity index (χ4n) is 1.56. The molecule has 4 nitrogen and oxygen atoms in total. The Bertz CT molecular complexity index is 408. The first kappa shape index (κ1) is 13.9. The Morgan fingerprint density at radius 1 is 1.41 bits per heavy atom. The van der Waals surface area contributed by atoms with Crippen LogP contribution in [0.4, 0.5) is 0 Å². The minimum atomic E-state index is 0.307. The molecule has 0 atom stereocenters. The fourth-order valence-corrected chi connectivity index (χ4v) is 1.81. The molecule has 94 valence electrons. The van der Waals surface area contributed by atoms with Crippen LogP contribution in [0.2, 0.25) is 0 Å². The van der Waals surface area contributed by atoms with E-state index in [1.807, 2.05) is 26.8 Å². The lowest BCUT2D eigenvalue weighted by Crippen LogP contribution is -2.16. The molecule has 17 heavy (non-hydrogen) atoms. The van der Waals surface area contributed by atoms with Gasteiger partial charge in [0.25, 0.3) is 0 Å². The number of nitrogens with two attached hydrogens (primary N) is 1. The van der Waals surface area contributed by atoms with Crippen LogP contribution in [0.1, 0.15) is 23.9 Å². The average Bonchev–Trinajstić information content (AvgIpc) is 2.22. The third-order valence-electron chi connectivity index (χ3n) is 2.23. The van der Waals surface area contributed by atoms with E-state index in [0.717, 1.165) is 11.4 Å². The number of nitrogens with zero attached hydrogens (tertiary/aromatic N) is 1. The first-order chi connectivity index (χ1) is 8.06. The van der Waals surface area contributed by atoms with Crippen LogP contribution in [-0.4, -0.2) is 29.8 Å². The van der Waals surface area contributed by atoms with Gasteiger partial charge in [-0.15, -0.1) is 0 Å². The molecule has 0 radical (unpaired) electrons. The van der Waals surface area contributed by atoms with Gasteiger partial charge in [0.2, 0.25) is 0 Å². The molecule has 0 unspecified atom stereocenters. The van der Waals surface area contributed by atoms with Crippen molar-refractivity contribution in [3.63, 3.8) is 0 Å². The van der Waals surface area contributed by atoms with Crippen LogP contribution in [0.25, 0.3) is 0 Å². The zero-order valence-corrected chi connectivity index (χ0v) is 11.3. The summed E-state index contributed by atoms with van der Waals surface area (Å²) in [5.41, 5.74) is 8.06. The monoisotopic (exact) mass is 254 g/mol. The van der Waals surface area contributed by atoms with Gasteiger partial charge in [-0.05, 0) is 20.8 Å². The van der Waals surface area contributed by atoms with Gasteiger partial charge in [0.05, 0.1) is 17.9 Å². The second kappa shape index (κ2) is 6.51. The Morgan fingerprint density at radius 2 is 2.12 bits per heavy atom. The molecule has 0 fully saturated rings. The molecule has 2 N–H and O–H groups in total. The highest BCUT2D eigenvalue weighted by Crippen LogP contribution is 2.22. The Hall–Kier alpha value is -1.20. The van der Waals surface area contributed by atoms with Gasteiger partial charge in [-0.2, -0.15) is 0 Å². The third kappa shape index (κ3) is 3.94. The van der Waals surface area contributed by atoms with E-state index in [2.05, 4.69) is 4.98 Å². The molecule has 5 heteroatoms. The first-order valence-corrected chi connectivity index (χ1v) is 5.95. The molecule has 1 heterocycles. The fraction of sp³-hybridized carbons (Fsp3) is 0.500. The molecule has 0 amide bonds. The number of rotatable bonds is 6. The molecule has 1 rings (SSSR count). The molecule has 1 aromatic rings. The van der Waals surface area contributed by atoms with E-state index in [4.69, 9.17) is 27.4 Å². The van der Waals surface area contributed by atoms with E-state index >= 15 is 0 Å².